The van der Waals surface area contributed by atoms with Gasteiger partial charge in [0, 0.05) is 27.4 Å². The maximum atomic E-state index is 10.8. The van der Waals surface area contributed by atoms with Crippen LogP contribution in [0.2, 0.25) is 0 Å². The van der Waals surface area contributed by atoms with Crippen molar-refractivity contribution in [2.75, 3.05) is 6.61 Å². The number of fused-ring (bicyclic) bond motifs is 3. The number of hydrogen-bond acceptors (Lipinski definition) is 4. The van der Waals surface area contributed by atoms with E-state index in [2.05, 4.69) is 39.4 Å². The van der Waals surface area contributed by atoms with Gasteiger partial charge in [0.05, 0.1) is 12.8 Å². The van der Waals surface area contributed by atoms with Gasteiger partial charge in [-0.3, -0.25) is 0 Å². The monoisotopic (exact) mass is 402 g/mol. The average Bonchev–Trinajstić information content (AvgIpc) is 3.07. The van der Waals surface area contributed by atoms with Crippen molar-refractivity contribution in [3.8, 4) is 5.75 Å². The van der Waals surface area contributed by atoms with Gasteiger partial charge in [0.1, 0.15) is 18.5 Å². The number of ether oxygens (including phenoxy) is 1. The fourth-order valence-corrected chi connectivity index (χ4v) is 3.53. The molecule has 7 nitrogen and oxygen atoms in total. The van der Waals surface area contributed by atoms with E-state index in [9.17, 15) is 9.90 Å². The Bertz CT molecular complexity index is 1160. The van der Waals surface area contributed by atoms with Crippen molar-refractivity contribution >= 4 is 34.1 Å². The fraction of sp³-hybridized carbons (Fsp3) is 0.130. The number of hydrogen-bond donors (Lipinski definition) is 3. The molecule has 0 aliphatic rings. The maximum Gasteiger partial charge on any atom is 0.332 e. The summed E-state index contributed by atoms with van der Waals surface area (Å²) >= 11 is 0. The average molecular weight is 402 g/mol. The van der Waals surface area contributed by atoms with E-state index in [1.165, 1.54) is 6.21 Å². The topological polar surface area (TPSA) is 102 Å². The van der Waals surface area contributed by atoms with Crippen LogP contribution in [0.4, 0.5) is 4.79 Å². The van der Waals surface area contributed by atoms with E-state index in [0.29, 0.717) is 17.9 Å². The number of aliphatic hydroxyl groups is 1. The number of benzene rings is 3. The van der Waals surface area contributed by atoms with Crippen LogP contribution in [0.25, 0.3) is 21.8 Å². The highest BCUT2D eigenvalue weighted by molar-refractivity contribution is 6.07. The van der Waals surface area contributed by atoms with Gasteiger partial charge < -0.3 is 20.1 Å². The van der Waals surface area contributed by atoms with Gasteiger partial charge in [-0.2, -0.15) is 5.10 Å². The molecular weight excluding hydrogens is 380 g/mol. The summed E-state index contributed by atoms with van der Waals surface area (Å²) in [6.45, 7) is 0.502. The number of nitrogens with one attached hydrogen (secondary N) is 1. The van der Waals surface area contributed by atoms with Crippen LogP contribution in [0.15, 0.2) is 77.9 Å². The minimum atomic E-state index is -0.744. The number of nitrogens with two attached hydrogens (primary N) is 1. The Morgan fingerprint density at radius 1 is 1.03 bits per heavy atom. The highest BCUT2D eigenvalue weighted by Gasteiger charge is 2.14. The second-order valence-electron chi connectivity index (χ2n) is 6.88. The molecule has 30 heavy (non-hydrogen) atoms. The number of para-hydroxylation sites is 3. The molecule has 7 heteroatoms. The smallest absolute Gasteiger partial charge is 0.332 e. The van der Waals surface area contributed by atoms with Crippen molar-refractivity contribution < 1.29 is 14.6 Å². The molecule has 0 fully saturated rings. The van der Waals surface area contributed by atoms with Gasteiger partial charge in [-0.05, 0) is 24.3 Å². The third-order valence-corrected chi connectivity index (χ3v) is 4.80. The standard InChI is InChI=1S/C23H22N4O3/c24-23(29)26-25-13-16-7-1-6-12-22(16)30-15-17(28)14-27-20-10-4-2-8-18(20)19-9-3-5-11-21(19)27/h1-13,17,28H,14-15H2,(H3,24,26,29)/b25-13-/t17-/m1/s1. The molecule has 1 atom stereocenters. The molecule has 3 aromatic carbocycles. The number of primary amides is 1. The molecular formula is C23H22N4O3. The number of aliphatic hydroxyl groups excluding tert-OH is 1. The van der Waals surface area contributed by atoms with Crippen LogP contribution in [0, 0.1) is 0 Å². The third-order valence-electron chi connectivity index (χ3n) is 4.80. The minimum absolute atomic E-state index is 0.106. The Morgan fingerprint density at radius 3 is 2.30 bits per heavy atom. The van der Waals surface area contributed by atoms with E-state index in [1.54, 1.807) is 12.1 Å². The van der Waals surface area contributed by atoms with Gasteiger partial charge in [0.25, 0.3) is 0 Å². The van der Waals surface area contributed by atoms with Crippen molar-refractivity contribution in [2.45, 2.75) is 12.6 Å². The first-order chi connectivity index (χ1) is 14.6. The van der Waals surface area contributed by atoms with Crippen molar-refractivity contribution in [2.24, 2.45) is 10.8 Å². The van der Waals surface area contributed by atoms with E-state index in [0.717, 1.165) is 21.8 Å². The molecule has 0 aliphatic carbocycles. The highest BCUT2D eigenvalue weighted by atomic mass is 16.5. The molecule has 4 N–H and O–H groups in total. The molecule has 0 saturated heterocycles. The molecule has 0 aliphatic heterocycles. The quantitative estimate of drug-likeness (QED) is 0.327. The number of aromatic nitrogens is 1. The summed E-state index contributed by atoms with van der Waals surface area (Å²) in [5, 5.41) is 16.8. The Kier molecular flexibility index (Phi) is 5.63. The van der Waals surface area contributed by atoms with E-state index < -0.39 is 12.1 Å². The van der Waals surface area contributed by atoms with Crippen molar-refractivity contribution in [3.05, 3.63) is 78.4 Å². The largest absolute Gasteiger partial charge is 0.490 e. The first-order valence-electron chi connectivity index (χ1n) is 9.58. The predicted molar refractivity (Wildman–Crippen MR) is 118 cm³/mol. The van der Waals surface area contributed by atoms with Crippen LogP contribution in [0.3, 0.4) is 0 Å². The van der Waals surface area contributed by atoms with E-state index in [4.69, 9.17) is 10.5 Å². The van der Waals surface area contributed by atoms with Gasteiger partial charge in [-0.25, -0.2) is 10.2 Å². The zero-order valence-corrected chi connectivity index (χ0v) is 16.2. The molecule has 1 heterocycles. The van der Waals surface area contributed by atoms with Crippen molar-refractivity contribution in [1.29, 1.82) is 0 Å². The van der Waals surface area contributed by atoms with Crippen LogP contribution in [0.5, 0.6) is 5.75 Å². The van der Waals surface area contributed by atoms with Crippen LogP contribution >= 0.6 is 0 Å². The third kappa shape index (κ3) is 4.11. The fourth-order valence-electron chi connectivity index (χ4n) is 3.53. The summed E-state index contributed by atoms with van der Waals surface area (Å²) in [7, 11) is 0. The molecule has 4 aromatic rings. The van der Waals surface area contributed by atoms with Gasteiger partial charge in [0.2, 0.25) is 0 Å². The lowest BCUT2D eigenvalue weighted by atomic mass is 10.2. The Labute approximate surface area is 173 Å². The highest BCUT2D eigenvalue weighted by Crippen LogP contribution is 2.29. The zero-order chi connectivity index (χ0) is 20.9. The predicted octanol–water partition coefficient (Wildman–Crippen LogP) is 3.24. The summed E-state index contributed by atoms with van der Waals surface area (Å²) < 4.78 is 7.94. The van der Waals surface area contributed by atoms with Gasteiger partial charge >= 0.3 is 6.03 Å². The van der Waals surface area contributed by atoms with Crippen molar-refractivity contribution in [1.82, 2.24) is 9.99 Å². The number of nitrogens with zero attached hydrogens (tertiary/aromatic N) is 2. The SMILES string of the molecule is NC(=O)N/N=C\c1ccccc1OC[C@H](O)Cn1c2ccccc2c2ccccc21. The van der Waals surface area contributed by atoms with Gasteiger partial charge in [0.15, 0.2) is 0 Å². The molecule has 0 bridgehead atoms. The lowest BCUT2D eigenvalue weighted by Gasteiger charge is -2.16. The van der Waals surface area contributed by atoms with Gasteiger partial charge in [-0.1, -0.05) is 48.5 Å². The lowest BCUT2D eigenvalue weighted by Crippen LogP contribution is -2.24. The van der Waals surface area contributed by atoms with Gasteiger partial charge in [-0.15, -0.1) is 0 Å². The second kappa shape index (κ2) is 8.67. The number of rotatable bonds is 7. The molecule has 4 rings (SSSR count). The normalized spacial score (nSPS) is 12.4. The summed E-state index contributed by atoms with van der Waals surface area (Å²) in [4.78, 5) is 10.8. The van der Waals surface area contributed by atoms with Crippen LogP contribution in [-0.2, 0) is 6.54 Å². The Morgan fingerprint density at radius 2 is 1.63 bits per heavy atom. The van der Waals surface area contributed by atoms with E-state index in [1.807, 2.05) is 36.4 Å². The Balaban J connectivity index is 1.51. The first kappa shape index (κ1) is 19.5. The number of hydrazone groups is 1. The molecule has 2 amide bonds. The molecule has 152 valence electrons. The van der Waals surface area contributed by atoms with Crippen LogP contribution in [-0.4, -0.2) is 34.6 Å². The molecule has 0 spiro atoms. The van der Waals surface area contributed by atoms with Crippen LogP contribution in [0.1, 0.15) is 5.56 Å². The van der Waals surface area contributed by atoms with Crippen molar-refractivity contribution in [3.63, 3.8) is 0 Å². The molecule has 0 unspecified atom stereocenters. The van der Waals surface area contributed by atoms with Crippen LogP contribution < -0.4 is 15.9 Å². The summed E-state index contributed by atoms with van der Waals surface area (Å²) in [6, 6.07) is 22.8. The molecule has 0 saturated carbocycles. The lowest BCUT2D eigenvalue weighted by molar-refractivity contribution is 0.0944. The van der Waals surface area contributed by atoms with E-state index >= 15 is 0 Å². The molecule has 1 aromatic heterocycles. The van der Waals surface area contributed by atoms with E-state index in [-0.39, 0.29) is 6.61 Å². The number of urea groups is 1. The molecule has 0 radical (unpaired) electrons. The number of carbonyl (C=O) groups excluding carboxylic acids is 1. The number of carbonyl (C=O) groups is 1. The maximum absolute atomic E-state index is 10.8. The zero-order valence-electron chi connectivity index (χ0n) is 16.2. The minimum Gasteiger partial charge on any atom is -0.490 e. The summed E-state index contributed by atoms with van der Waals surface area (Å²) in [5.41, 5.74) is 9.96. The summed E-state index contributed by atoms with van der Waals surface area (Å²) in [5.74, 6) is 0.550. The second-order valence-corrected chi connectivity index (χ2v) is 6.88. The summed E-state index contributed by atoms with van der Waals surface area (Å²) in [6.07, 6.45) is 0.720. The number of amides is 2. The Hall–Kier alpha value is -3.84. The first-order valence-corrected chi connectivity index (χ1v) is 9.58.